The van der Waals surface area contributed by atoms with E-state index in [0.29, 0.717) is 5.82 Å². The average molecular weight is 260 g/mol. The van der Waals surface area contributed by atoms with E-state index in [1.165, 1.54) is 0 Å². The number of carbonyl (C=O) groups excluding carboxylic acids is 1. The largest absolute Gasteiger partial charge is 0.384 e. The quantitative estimate of drug-likeness (QED) is 0.795. The average Bonchev–Trinajstić information content (AvgIpc) is 2.44. The fourth-order valence-corrected chi connectivity index (χ4v) is 3.24. The van der Waals surface area contributed by atoms with Crippen molar-refractivity contribution in [2.45, 2.75) is 25.7 Å². The first-order valence-electron chi connectivity index (χ1n) is 6.96. The Labute approximate surface area is 113 Å². The molecule has 0 bridgehead atoms. The second-order valence-electron chi connectivity index (χ2n) is 5.53. The molecule has 1 amide bonds. The van der Waals surface area contributed by atoms with E-state index >= 15 is 0 Å². The van der Waals surface area contributed by atoms with Crippen LogP contribution in [0.2, 0.25) is 0 Å². The van der Waals surface area contributed by atoms with Gasteiger partial charge in [-0.15, -0.1) is 0 Å². The van der Waals surface area contributed by atoms with E-state index in [1.54, 1.807) is 12.3 Å². The Morgan fingerprint density at radius 3 is 2.74 bits per heavy atom. The Morgan fingerprint density at radius 1 is 1.26 bits per heavy atom. The summed E-state index contributed by atoms with van der Waals surface area (Å²) in [6.45, 7) is 2.68. The van der Waals surface area contributed by atoms with Crippen LogP contribution < -0.4 is 16.0 Å². The number of amides is 1. The van der Waals surface area contributed by atoms with Crippen LogP contribution in [0.25, 0.3) is 0 Å². The van der Waals surface area contributed by atoms with Gasteiger partial charge in [-0.25, -0.2) is 4.98 Å². The van der Waals surface area contributed by atoms with Gasteiger partial charge in [0.15, 0.2) is 0 Å². The highest BCUT2D eigenvalue weighted by molar-refractivity contribution is 5.98. The minimum atomic E-state index is -0.148. The van der Waals surface area contributed by atoms with Crippen LogP contribution in [0.15, 0.2) is 18.3 Å². The third kappa shape index (κ3) is 2.18. The van der Waals surface area contributed by atoms with E-state index in [0.717, 1.165) is 51.0 Å². The molecule has 1 spiro atoms. The molecule has 0 aromatic carbocycles. The lowest BCUT2D eigenvalue weighted by Crippen LogP contribution is -2.53. The van der Waals surface area contributed by atoms with Gasteiger partial charge in [-0.3, -0.25) is 4.79 Å². The standard InChI is InChI=1S/C14H20N4O/c15-12-3-2-11(10-17-12)18-9-1-4-14(13(18)19)5-7-16-8-6-14/h2-3,10,16H,1,4-9H2,(H2,15,17). The number of rotatable bonds is 1. The zero-order valence-electron chi connectivity index (χ0n) is 11.1. The van der Waals surface area contributed by atoms with Gasteiger partial charge in [0.05, 0.1) is 17.3 Å². The Balaban J connectivity index is 1.86. The van der Waals surface area contributed by atoms with Gasteiger partial charge in [0.2, 0.25) is 5.91 Å². The van der Waals surface area contributed by atoms with E-state index in [1.807, 2.05) is 11.0 Å². The first kappa shape index (κ1) is 12.4. The maximum Gasteiger partial charge on any atom is 0.233 e. The van der Waals surface area contributed by atoms with Crippen molar-refractivity contribution in [3.8, 4) is 0 Å². The zero-order valence-corrected chi connectivity index (χ0v) is 11.1. The van der Waals surface area contributed by atoms with Crippen LogP contribution in [0.4, 0.5) is 11.5 Å². The van der Waals surface area contributed by atoms with Crippen LogP contribution in [-0.4, -0.2) is 30.5 Å². The second kappa shape index (κ2) is 4.81. The van der Waals surface area contributed by atoms with Crippen LogP contribution in [0.3, 0.4) is 0 Å². The number of aromatic nitrogens is 1. The van der Waals surface area contributed by atoms with E-state index < -0.39 is 0 Å². The van der Waals surface area contributed by atoms with Gasteiger partial charge >= 0.3 is 0 Å². The Kier molecular flexibility index (Phi) is 3.14. The minimum Gasteiger partial charge on any atom is -0.384 e. The summed E-state index contributed by atoms with van der Waals surface area (Å²) in [6.07, 6.45) is 5.69. The number of nitrogens with zero attached hydrogens (tertiary/aromatic N) is 2. The van der Waals surface area contributed by atoms with Crippen molar-refractivity contribution in [1.82, 2.24) is 10.3 Å². The Bertz CT molecular complexity index is 459. The summed E-state index contributed by atoms with van der Waals surface area (Å²) in [5.74, 6) is 0.761. The molecule has 0 atom stereocenters. The van der Waals surface area contributed by atoms with Gasteiger partial charge in [0, 0.05) is 6.54 Å². The summed E-state index contributed by atoms with van der Waals surface area (Å²) < 4.78 is 0. The number of hydrogen-bond acceptors (Lipinski definition) is 4. The van der Waals surface area contributed by atoms with E-state index in [-0.39, 0.29) is 11.3 Å². The smallest absolute Gasteiger partial charge is 0.233 e. The number of nitrogens with two attached hydrogens (primary N) is 1. The molecule has 0 aliphatic carbocycles. The molecule has 2 saturated heterocycles. The van der Waals surface area contributed by atoms with Crippen molar-refractivity contribution < 1.29 is 4.79 Å². The molecule has 0 unspecified atom stereocenters. The van der Waals surface area contributed by atoms with E-state index in [2.05, 4.69) is 10.3 Å². The van der Waals surface area contributed by atoms with Crippen molar-refractivity contribution in [3.63, 3.8) is 0 Å². The normalized spacial score (nSPS) is 22.7. The van der Waals surface area contributed by atoms with Crippen LogP contribution in [0.5, 0.6) is 0 Å². The molecule has 5 nitrogen and oxygen atoms in total. The van der Waals surface area contributed by atoms with Gasteiger partial charge in [-0.05, 0) is 50.9 Å². The summed E-state index contributed by atoms with van der Waals surface area (Å²) in [7, 11) is 0. The lowest BCUT2D eigenvalue weighted by Gasteiger charge is -2.44. The highest BCUT2D eigenvalue weighted by Crippen LogP contribution is 2.40. The van der Waals surface area contributed by atoms with Crippen LogP contribution in [0, 0.1) is 5.41 Å². The molecule has 3 N–H and O–H groups in total. The van der Waals surface area contributed by atoms with Gasteiger partial charge in [-0.2, -0.15) is 0 Å². The summed E-state index contributed by atoms with van der Waals surface area (Å²) in [6, 6.07) is 3.65. The molecule has 1 aromatic rings. The Hall–Kier alpha value is -1.62. The number of nitrogen functional groups attached to an aromatic ring is 1. The monoisotopic (exact) mass is 260 g/mol. The predicted molar refractivity (Wildman–Crippen MR) is 74.8 cm³/mol. The molecule has 5 heteroatoms. The number of pyridine rings is 1. The van der Waals surface area contributed by atoms with Crippen molar-refractivity contribution in [3.05, 3.63) is 18.3 Å². The molecule has 19 heavy (non-hydrogen) atoms. The fourth-order valence-electron chi connectivity index (χ4n) is 3.24. The summed E-state index contributed by atoms with van der Waals surface area (Å²) in [5, 5.41) is 3.34. The molecular formula is C14H20N4O. The van der Waals surface area contributed by atoms with Crippen molar-refractivity contribution in [1.29, 1.82) is 0 Å². The predicted octanol–water partition coefficient (Wildman–Crippen LogP) is 1.16. The van der Waals surface area contributed by atoms with Crippen molar-refractivity contribution in [2.75, 3.05) is 30.3 Å². The van der Waals surface area contributed by atoms with Crippen LogP contribution in [0.1, 0.15) is 25.7 Å². The number of piperidine rings is 2. The van der Waals surface area contributed by atoms with Gasteiger partial charge in [0.1, 0.15) is 5.82 Å². The molecule has 1 aromatic heterocycles. The molecule has 3 rings (SSSR count). The molecule has 102 valence electrons. The van der Waals surface area contributed by atoms with Crippen molar-refractivity contribution >= 4 is 17.4 Å². The first-order valence-corrected chi connectivity index (χ1v) is 6.96. The van der Waals surface area contributed by atoms with E-state index in [9.17, 15) is 4.79 Å². The minimum absolute atomic E-state index is 0.148. The molecule has 0 saturated carbocycles. The zero-order chi connectivity index (χ0) is 13.3. The summed E-state index contributed by atoms with van der Waals surface area (Å²) in [4.78, 5) is 18.8. The van der Waals surface area contributed by atoms with Gasteiger partial charge in [0.25, 0.3) is 0 Å². The number of carbonyl (C=O) groups is 1. The van der Waals surface area contributed by atoms with Gasteiger partial charge < -0.3 is 16.0 Å². The third-order valence-corrected chi connectivity index (χ3v) is 4.38. The number of hydrogen-bond donors (Lipinski definition) is 2. The summed E-state index contributed by atoms with van der Waals surface area (Å²) in [5.41, 5.74) is 6.33. The number of anilines is 2. The first-order chi connectivity index (χ1) is 9.21. The third-order valence-electron chi connectivity index (χ3n) is 4.38. The number of nitrogens with one attached hydrogen (secondary N) is 1. The maximum atomic E-state index is 12.8. The fraction of sp³-hybridized carbons (Fsp3) is 0.571. The molecular weight excluding hydrogens is 240 g/mol. The molecule has 2 fully saturated rings. The second-order valence-corrected chi connectivity index (χ2v) is 5.53. The SMILES string of the molecule is Nc1ccc(N2CCCC3(CCNCC3)C2=O)cn1. The Morgan fingerprint density at radius 2 is 2.05 bits per heavy atom. The highest BCUT2D eigenvalue weighted by atomic mass is 16.2. The van der Waals surface area contributed by atoms with Gasteiger partial charge in [-0.1, -0.05) is 0 Å². The highest BCUT2D eigenvalue weighted by Gasteiger charge is 2.44. The lowest BCUT2D eigenvalue weighted by atomic mass is 9.72. The molecule has 3 heterocycles. The molecule has 0 radical (unpaired) electrons. The van der Waals surface area contributed by atoms with Crippen LogP contribution >= 0.6 is 0 Å². The molecule has 2 aliphatic rings. The lowest BCUT2D eigenvalue weighted by molar-refractivity contribution is -0.132. The van der Waals surface area contributed by atoms with E-state index in [4.69, 9.17) is 5.73 Å². The van der Waals surface area contributed by atoms with Crippen molar-refractivity contribution in [2.24, 2.45) is 5.41 Å². The topological polar surface area (TPSA) is 71.2 Å². The summed E-state index contributed by atoms with van der Waals surface area (Å²) >= 11 is 0. The maximum absolute atomic E-state index is 12.8. The molecule has 2 aliphatic heterocycles. The van der Waals surface area contributed by atoms with Crippen LogP contribution in [-0.2, 0) is 4.79 Å².